The fourth-order valence-electron chi connectivity index (χ4n) is 1.86. The summed E-state index contributed by atoms with van der Waals surface area (Å²) in [4.78, 5) is 0. The number of methoxy groups -OCH3 is 1. The molecule has 0 fully saturated rings. The van der Waals surface area contributed by atoms with Crippen LogP contribution in [0.25, 0.3) is 0 Å². The normalized spacial score (nSPS) is 10.3. The Morgan fingerprint density at radius 3 is 2.37 bits per heavy atom. The second-order valence-electron chi connectivity index (χ2n) is 4.37. The number of ether oxygens (including phenoxy) is 1. The molecule has 0 unspecified atom stereocenters. The Hall–Kier alpha value is -2.03. The quantitative estimate of drug-likeness (QED) is 0.876. The summed E-state index contributed by atoms with van der Waals surface area (Å²) in [5.41, 5.74) is 2.88. The summed E-state index contributed by atoms with van der Waals surface area (Å²) in [5, 5.41) is 3.09. The van der Waals surface area contributed by atoms with Crippen molar-refractivity contribution < 1.29 is 9.13 Å². The monoisotopic (exact) mass is 259 g/mol. The van der Waals surface area contributed by atoms with Gasteiger partial charge in [0.1, 0.15) is 11.6 Å². The van der Waals surface area contributed by atoms with Crippen LogP contribution in [-0.2, 0) is 13.0 Å². The predicted octanol–water partition coefficient (Wildman–Crippen LogP) is 4.01. The van der Waals surface area contributed by atoms with Crippen LogP contribution in [0, 0.1) is 5.82 Å². The summed E-state index contributed by atoms with van der Waals surface area (Å²) in [6.45, 7) is 2.72. The molecule has 0 saturated heterocycles. The first-order valence-electron chi connectivity index (χ1n) is 6.38. The van der Waals surface area contributed by atoms with E-state index < -0.39 is 0 Å². The highest BCUT2D eigenvalue weighted by atomic mass is 19.1. The Bertz CT molecular complexity index is 537. The lowest BCUT2D eigenvalue weighted by Crippen LogP contribution is -2.02. The van der Waals surface area contributed by atoms with Gasteiger partial charge in [-0.1, -0.05) is 31.2 Å². The van der Waals surface area contributed by atoms with Crippen LogP contribution in [0.15, 0.2) is 42.5 Å². The molecule has 1 N–H and O–H groups in total. The molecule has 2 aromatic carbocycles. The van der Waals surface area contributed by atoms with Gasteiger partial charge in [0.25, 0.3) is 0 Å². The second-order valence-corrected chi connectivity index (χ2v) is 4.37. The van der Waals surface area contributed by atoms with Crippen molar-refractivity contribution in [3.8, 4) is 5.75 Å². The molecule has 0 aromatic heterocycles. The third kappa shape index (κ3) is 3.47. The summed E-state index contributed by atoms with van der Waals surface area (Å²) in [7, 11) is 1.57. The highest BCUT2D eigenvalue weighted by molar-refractivity contribution is 5.50. The van der Waals surface area contributed by atoms with Crippen LogP contribution in [0.5, 0.6) is 5.75 Å². The maximum Gasteiger partial charge on any atom is 0.146 e. The van der Waals surface area contributed by atoms with Crippen molar-refractivity contribution in [1.29, 1.82) is 0 Å². The molecule has 0 radical (unpaired) electrons. The topological polar surface area (TPSA) is 21.3 Å². The van der Waals surface area contributed by atoms with Crippen molar-refractivity contribution in [3.63, 3.8) is 0 Å². The van der Waals surface area contributed by atoms with Crippen molar-refractivity contribution in [2.75, 3.05) is 12.4 Å². The zero-order chi connectivity index (χ0) is 13.7. The molecule has 0 atom stereocenters. The van der Waals surface area contributed by atoms with E-state index in [1.807, 2.05) is 0 Å². The van der Waals surface area contributed by atoms with Crippen molar-refractivity contribution in [2.45, 2.75) is 19.9 Å². The lowest BCUT2D eigenvalue weighted by Gasteiger charge is -2.09. The Morgan fingerprint density at radius 2 is 1.74 bits per heavy atom. The molecule has 3 heteroatoms. The van der Waals surface area contributed by atoms with E-state index in [4.69, 9.17) is 4.74 Å². The van der Waals surface area contributed by atoms with E-state index in [9.17, 15) is 4.39 Å². The first-order valence-corrected chi connectivity index (χ1v) is 6.38. The third-order valence-corrected chi connectivity index (χ3v) is 3.09. The minimum absolute atomic E-state index is 0.272. The van der Waals surface area contributed by atoms with Crippen LogP contribution < -0.4 is 10.1 Å². The van der Waals surface area contributed by atoms with Crippen LogP contribution in [0.3, 0.4) is 0 Å². The average Bonchev–Trinajstić information content (AvgIpc) is 2.47. The summed E-state index contributed by atoms with van der Waals surface area (Å²) >= 11 is 0. The largest absolute Gasteiger partial charge is 0.497 e. The minimum atomic E-state index is -0.272. The van der Waals surface area contributed by atoms with Crippen LogP contribution in [-0.4, -0.2) is 7.11 Å². The van der Waals surface area contributed by atoms with Crippen LogP contribution in [0.1, 0.15) is 18.1 Å². The highest BCUT2D eigenvalue weighted by Crippen LogP contribution is 2.21. The Morgan fingerprint density at radius 1 is 1.05 bits per heavy atom. The van der Waals surface area contributed by atoms with E-state index in [1.54, 1.807) is 19.2 Å². The molecule has 19 heavy (non-hydrogen) atoms. The first kappa shape index (κ1) is 13.4. The molecule has 0 bridgehead atoms. The molecule has 100 valence electrons. The maximum atomic E-state index is 13.6. The van der Waals surface area contributed by atoms with E-state index in [0.29, 0.717) is 18.0 Å². The molecule has 0 spiro atoms. The molecule has 0 aliphatic heterocycles. The number of nitrogens with one attached hydrogen (secondary N) is 1. The Balaban J connectivity index is 2.05. The average molecular weight is 259 g/mol. The summed E-state index contributed by atoms with van der Waals surface area (Å²) in [6.07, 6.45) is 1.03. The molecular formula is C16H18FNO. The summed E-state index contributed by atoms with van der Waals surface area (Å²) in [5.74, 6) is 0.371. The summed E-state index contributed by atoms with van der Waals surface area (Å²) < 4.78 is 18.7. The number of anilines is 1. The highest BCUT2D eigenvalue weighted by Gasteiger charge is 2.03. The lowest BCUT2D eigenvalue weighted by atomic mass is 10.1. The SMILES string of the molecule is CCc1ccc(CNc2cc(OC)ccc2F)cc1. The fraction of sp³-hybridized carbons (Fsp3) is 0.250. The van der Waals surface area contributed by atoms with Crippen molar-refractivity contribution in [3.05, 3.63) is 59.4 Å². The Labute approximate surface area is 113 Å². The van der Waals surface area contributed by atoms with Crippen molar-refractivity contribution in [2.24, 2.45) is 0 Å². The van der Waals surface area contributed by atoms with Gasteiger partial charge in [-0.3, -0.25) is 0 Å². The number of rotatable bonds is 5. The zero-order valence-electron chi connectivity index (χ0n) is 11.2. The standard InChI is InChI=1S/C16H18FNO/c1-3-12-4-6-13(7-5-12)11-18-16-10-14(19-2)8-9-15(16)17/h4-10,18H,3,11H2,1-2H3. The van der Waals surface area contributed by atoms with Gasteiger partial charge in [0.15, 0.2) is 0 Å². The van der Waals surface area contributed by atoms with Gasteiger partial charge in [-0.05, 0) is 29.7 Å². The van der Waals surface area contributed by atoms with Gasteiger partial charge in [-0.2, -0.15) is 0 Å². The van der Waals surface area contributed by atoms with Crippen LogP contribution in [0.4, 0.5) is 10.1 Å². The van der Waals surface area contributed by atoms with Gasteiger partial charge in [-0.15, -0.1) is 0 Å². The van der Waals surface area contributed by atoms with E-state index in [0.717, 1.165) is 12.0 Å². The van der Waals surface area contributed by atoms with Gasteiger partial charge in [0, 0.05) is 12.6 Å². The van der Waals surface area contributed by atoms with Crippen molar-refractivity contribution >= 4 is 5.69 Å². The first-order chi connectivity index (χ1) is 9.22. The second kappa shape index (κ2) is 6.23. The van der Waals surface area contributed by atoms with E-state index in [1.165, 1.54) is 11.6 Å². The van der Waals surface area contributed by atoms with Gasteiger partial charge >= 0.3 is 0 Å². The predicted molar refractivity (Wildman–Crippen MR) is 76.1 cm³/mol. The minimum Gasteiger partial charge on any atom is -0.497 e. The molecule has 2 nitrogen and oxygen atoms in total. The number of hydrogen-bond donors (Lipinski definition) is 1. The van der Waals surface area contributed by atoms with E-state index in [-0.39, 0.29) is 5.82 Å². The number of hydrogen-bond acceptors (Lipinski definition) is 2. The van der Waals surface area contributed by atoms with Crippen LogP contribution in [0.2, 0.25) is 0 Å². The third-order valence-electron chi connectivity index (χ3n) is 3.09. The van der Waals surface area contributed by atoms with E-state index in [2.05, 4.69) is 36.5 Å². The molecular weight excluding hydrogens is 241 g/mol. The fourth-order valence-corrected chi connectivity index (χ4v) is 1.86. The molecule has 0 aliphatic rings. The Kier molecular flexibility index (Phi) is 4.39. The molecule has 0 saturated carbocycles. The summed E-state index contributed by atoms with van der Waals surface area (Å²) in [6, 6.07) is 13.0. The maximum absolute atomic E-state index is 13.6. The molecule has 0 heterocycles. The number of halogens is 1. The molecule has 2 rings (SSSR count). The van der Waals surface area contributed by atoms with Gasteiger partial charge in [-0.25, -0.2) is 4.39 Å². The van der Waals surface area contributed by atoms with Gasteiger partial charge < -0.3 is 10.1 Å². The van der Waals surface area contributed by atoms with Gasteiger partial charge in [0.05, 0.1) is 12.8 Å². The molecule has 0 aliphatic carbocycles. The molecule has 0 amide bonds. The van der Waals surface area contributed by atoms with Crippen molar-refractivity contribution in [1.82, 2.24) is 0 Å². The zero-order valence-corrected chi connectivity index (χ0v) is 11.2. The molecule has 2 aromatic rings. The van der Waals surface area contributed by atoms with Gasteiger partial charge in [0.2, 0.25) is 0 Å². The smallest absolute Gasteiger partial charge is 0.146 e. The number of benzene rings is 2. The van der Waals surface area contributed by atoms with E-state index >= 15 is 0 Å². The lowest BCUT2D eigenvalue weighted by molar-refractivity contribution is 0.414. The van der Waals surface area contributed by atoms with Crippen LogP contribution >= 0.6 is 0 Å². The number of aryl methyl sites for hydroxylation is 1.